The van der Waals surface area contributed by atoms with Crippen molar-refractivity contribution in [3.63, 3.8) is 0 Å². The van der Waals surface area contributed by atoms with Gasteiger partial charge in [0.25, 0.3) is 0 Å². The maximum absolute atomic E-state index is 11.3. The Labute approximate surface area is 60.0 Å². The van der Waals surface area contributed by atoms with E-state index in [4.69, 9.17) is 5.26 Å². The van der Waals surface area contributed by atoms with Gasteiger partial charge in [0.1, 0.15) is 6.54 Å². The van der Waals surface area contributed by atoms with Crippen LogP contribution >= 0.6 is 0 Å². The van der Waals surface area contributed by atoms with Gasteiger partial charge in [-0.05, 0) is 0 Å². The van der Waals surface area contributed by atoms with Crippen molar-refractivity contribution in [2.24, 2.45) is 0 Å². The van der Waals surface area contributed by atoms with Crippen molar-refractivity contribution < 1.29 is 18.0 Å². The van der Waals surface area contributed by atoms with Crippen molar-refractivity contribution in [2.45, 2.75) is 6.18 Å². The number of nitriles is 1. The average molecular weight is 167 g/mol. The van der Waals surface area contributed by atoms with Crippen LogP contribution < -0.4 is 10.6 Å². The summed E-state index contributed by atoms with van der Waals surface area (Å²) in [6.07, 6.45) is -3.28. The number of amides is 2. The molecule has 0 saturated heterocycles. The third kappa shape index (κ3) is 6.44. The number of urea groups is 1. The van der Waals surface area contributed by atoms with Crippen LogP contribution in [0.3, 0.4) is 0 Å². The molecule has 0 aromatic rings. The number of alkyl halides is 3. The number of carbonyl (C=O) groups is 1. The zero-order valence-corrected chi connectivity index (χ0v) is 5.20. The van der Waals surface area contributed by atoms with Gasteiger partial charge in [-0.15, -0.1) is 0 Å². The maximum Gasteiger partial charge on any atom is 0.405 e. The standard InChI is InChI=1S/C4H4F3N3O/c5-4(6,7)1-9-3(11)10-2-8/h1H2,(H2,9,10,11). The maximum atomic E-state index is 11.3. The van der Waals surface area contributed by atoms with E-state index in [1.165, 1.54) is 16.8 Å². The van der Waals surface area contributed by atoms with Gasteiger partial charge in [0.2, 0.25) is 0 Å². The van der Waals surface area contributed by atoms with Gasteiger partial charge < -0.3 is 5.32 Å². The van der Waals surface area contributed by atoms with Gasteiger partial charge in [0.15, 0.2) is 6.19 Å². The van der Waals surface area contributed by atoms with Crippen molar-refractivity contribution in [1.29, 1.82) is 5.26 Å². The fourth-order valence-corrected chi connectivity index (χ4v) is 0.275. The molecule has 11 heavy (non-hydrogen) atoms. The van der Waals surface area contributed by atoms with Crippen LogP contribution in [0.15, 0.2) is 0 Å². The molecule has 0 aromatic carbocycles. The van der Waals surface area contributed by atoms with E-state index >= 15 is 0 Å². The molecule has 0 heterocycles. The lowest BCUT2D eigenvalue weighted by Crippen LogP contribution is -2.38. The predicted molar refractivity (Wildman–Crippen MR) is 28.2 cm³/mol. The van der Waals surface area contributed by atoms with Crippen molar-refractivity contribution >= 4 is 6.03 Å². The lowest BCUT2D eigenvalue weighted by molar-refractivity contribution is -0.122. The number of hydrogen-bond donors (Lipinski definition) is 2. The molecule has 0 aromatic heterocycles. The van der Waals surface area contributed by atoms with Crippen molar-refractivity contribution in [3.05, 3.63) is 0 Å². The highest BCUT2D eigenvalue weighted by Gasteiger charge is 2.27. The van der Waals surface area contributed by atoms with Crippen molar-refractivity contribution in [3.8, 4) is 6.19 Å². The molecular formula is C4H4F3N3O. The first-order valence-electron chi connectivity index (χ1n) is 2.45. The van der Waals surface area contributed by atoms with Gasteiger partial charge in [-0.1, -0.05) is 0 Å². The van der Waals surface area contributed by atoms with Gasteiger partial charge >= 0.3 is 12.2 Å². The molecule has 0 spiro atoms. The summed E-state index contributed by atoms with van der Waals surface area (Å²) in [4.78, 5) is 10.1. The van der Waals surface area contributed by atoms with Gasteiger partial charge in [0.05, 0.1) is 0 Å². The topological polar surface area (TPSA) is 64.9 Å². The van der Waals surface area contributed by atoms with Crippen LogP contribution in [0.2, 0.25) is 0 Å². The summed E-state index contributed by atoms with van der Waals surface area (Å²) >= 11 is 0. The molecule has 0 atom stereocenters. The molecule has 0 bridgehead atoms. The summed E-state index contributed by atoms with van der Waals surface area (Å²) in [5, 5.41) is 10.7. The monoisotopic (exact) mass is 167 g/mol. The molecular weight excluding hydrogens is 163 g/mol. The van der Waals surface area contributed by atoms with Crippen LogP contribution in [0.5, 0.6) is 0 Å². The fraction of sp³-hybridized carbons (Fsp3) is 0.500. The van der Waals surface area contributed by atoms with Crippen LogP contribution in [0.1, 0.15) is 0 Å². The number of hydrogen-bond acceptors (Lipinski definition) is 2. The molecule has 0 rings (SSSR count). The van der Waals surface area contributed by atoms with Crippen molar-refractivity contribution in [1.82, 2.24) is 10.6 Å². The van der Waals surface area contributed by atoms with E-state index in [9.17, 15) is 18.0 Å². The van der Waals surface area contributed by atoms with E-state index in [1.807, 2.05) is 0 Å². The molecule has 2 N–H and O–H groups in total. The zero-order chi connectivity index (χ0) is 8.91. The summed E-state index contributed by atoms with van der Waals surface area (Å²) in [7, 11) is 0. The third-order valence-corrected chi connectivity index (χ3v) is 0.619. The molecule has 0 saturated carbocycles. The number of nitrogens with zero attached hydrogens (tertiary/aromatic N) is 1. The average Bonchev–Trinajstić information content (AvgIpc) is 1.83. The number of rotatable bonds is 1. The first kappa shape index (κ1) is 9.55. The second kappa shape index (κ2) is 3.65. The minimum atomic E-state index is -4.45. The summed E-state index contributed by atoms with van der Waals surface area (Å²) in [5.74, 6) is 0. The Morgan fingerprint density at radius 1 is 1.55 bits per heavy atom. The summed E-state index contributed by atoms with van der Waals surface area (Å²) in [5.41, 5.74) is 0. The highest BCUT2D eigenvalue weighted by Crippen LogP contribution is 2.11. The number of carbonyl (C=O) groups excluding carboxylic acids is 1. The highest BCUT2D eigenvalue weighted by atomic mass is 19.4. The molecule has 0 radical (unpaired) electrons. The minimum absolute atomic E-state index is 1.16. The van der Waals surface area contributed by atoms with E-state index in [2.05, 4.69) is 0 Å². The third-order valence-electron chi connectivity index (χ3n) is 0.619. The van der Waals surface area contributed by atoms with Crippen LogP contribution in [0.4, 0.5) is 18.0 Å². The van der Waals surface area contributed by atoms with Crippen molar-refractivity contribution in [2.75, 3.05) is 6.54 Å². The van der Waals surface area contributed by atoms with Gasteiger partial charge in [0, 0.05) is 0 Å². The Kier molecular flexibility index (Phi) is 3.17. The molecule has 62 valence electrons. The Morgan fingerprint density at radius 2 is 2.09 bits per heavy atom. The molecule has 0 unspecified atom stereocenters. The molecule has 7 heteroatoms. The fourth-order valence-electron chi connectivity index (χ4n) is 0.275. The molecule has 0 fully saturated rings. The van der Waals surface area contributed by atoms with E-state index in [0.717, 1.165) is 0 Å². The molecule has 2 amide bonds. The van der Waals surface area contributed by atoms with E-state index < -0.39 is 18.8 Å². The van der Waals surface area contributed by atoms with Crippen LogP contribution in [-0.4, -0.2) is 18.8 Å². The van der Waals surface area contributed by atoms with E-state index in [-0.39, 0.29) is 0 Å². The quantitative estimate of drug-likeness (QED) is 0.436. The van der Waals surface area contributed by atoms with E-state index in [0.29, 0.717) is 0 Å². The molecule has 0 aliphatic carbocycles. The van der Waals surface area contributed by atoms with Gasteiger partial charge in [-0.25, -0.2) is 10.1 Å². The molecule has 4 nitrogen and oxygen atoms in total. The second-order valence-corrected chi connectivity index (χ2v) is 1.53. The summed E-state index contributed by atoms with van der Waals surface area (Å²) in [6, 6.07) is -1.16. The lowest BCUT2D eigenvalue weighted by atomic mass is 10.6. The van der Waals surface area contributed by atoms with E-state index in [1.54, 1.807) is 0 Å². The summed E-state index contributed by atoms with van der Waals surface area (Å²) in [6.45, 7) is -1.44. The Bertz CT molecular complexity index is 182. The Morgan fingerprint density at radius 3 is 2.45 bits per heavy atom. The largest absolute Gasteiger partial charge is 0.405 e. The number of nitrogens with one attached hydrogen (secondary N) is 2. The lowest BCUT2D eigenvalue weighted by Gasteiger charge is -2.05. The van der Waals surface area contributed by atoms with Crippen LogP contribution in [0.25, 0.3) is 0 Å². The van der Waals surface area contributed by atoms with Gasteiger partial charge in [-0.2, -0.15) is 18.4 Å². The Balaban J connectivity index is 3.57. The molecule has 0 aliphatic rings. The summed E-state index contributed by atoms with van der Waals surface area (Å²) < 4.78 is 34.0. The normalized spacial score (nSPS) is 10.0. The smallest absolute Gasteiger partial charge is 0.328 e. The zero-order valence-electron chi connectivity index (χ0n) is 5.20. The highest BCUT2D eigenvalue weighted by molar-refractivity contribution is 5.75. The SMILES string of the molecule is N#CNC(=O)NCC(F)(F)F. The Hall–Kier alpha value is -1.45. The molecule has 0 aliphatic heterocycles. The minimum Gasteiger partial charge on any atom is -0.328 e. The second-order valence-electron chi connectivity index (χ2n) is 1.53. The first-order valence-corrected chi connectivity index (χ1v) is 2.45. The van der Waals surface area contributed by atoms with Gasteiger partial charge in [-0.3, -0.25) is 0 Å². The van der Waals surface area contributed by atoms with Crippen LogP contribution in [0, 0.1) is 11.5 Å². The number of halogens is 3. The predicted octanol–water partition coefficient (Wildman–Crippen LogP) is 0.329. The van der Waals surface area contributed by atoms with Crippen LogP contribution in [-0.2, 0) is 0 Å². The first-order chi connectivity index (χ1) is 4.95.